The Morgan fingerprint density at radius 1 is 1.83 bits per heavy atom. The predicted molar refractivity (Wildman–Crippen MR) is 23.5 cm³/mol. The maximum Gasteiger partial charge on any atom is 0.309 e. The Morgan fingerprint density at radius 3 is 2.00 bits per heavy atom. The van der Waals surface area contributed by atoms with Crippen LogP contribution in [0.5, 0.6) is 0 Å². The number of hydrogen-bond acceptors (Lipinski definition) is 2. The molecular formula is C3H6N2O. The number of nitrogens with one attached hydrogen (secondary N) is 2. The maximum absolute atomic E-state index is 8.94. The van der Waals surface area contributed by atoms with E-state index in [1.807, 2.05) is 0 Å². The summed E-state index contributed by atoms with van der Waals surface area (Å²) in [7, 11) is 1.51. The topological polar surface area (TPSA) is 53.0 Å². The van der Waals surface area contributed by atoms with Crippen molar-refractivity contribution in [1.29, 1.82) is 5.41 Å². The molecule has 3 heteroatoms. The van der Waals surface area contributed by atoms with Crippen molar-refractivity contribution < 1.29 is 4.79 Å². The van der Waals surface area contributed by atoms with Crippen molar-refractivity contribution in [3.8, 4) is 0 Å². The van der Waals surface area contributed by atoms with Crippen LogP contribution in [0.15, 0.2) is 0 Å². The molecule has 0 atom stereocenters. The van der Waals surface area contributed by atoms with Crippen molar-refractivity contribution >= 4 is 13.1 Å². The lowest BCUT2D eigenvalue weighted by atomic mass is 11.2. The standard InChI is InChI=1S/C2H4NO.CH2N/c1-3-2-4;1-2/h1H3,(H,3,4);1-2H. The molecule has 0 saturated carbocycles. The van der Waals surface area contributed by atoms with Crippen molar-refractivity contribution in [2.75, 3.05) is 7.05 Å². The van der Waals surface area contributed by atoms with Gasteiger partial charge in [-0.2, -0.15) is 0 Å². The number of carbonyl (C=O) groups excluding carboxylic acids is 1. The third kappa shape index (κ3) is 734. The van der Waals surface area contributed by atoms with Gasteiger partial charge >= 0.3 is 6.41 Å². The van der Waals surface area contributed by atoms with Gasteiger partial charge in [-0.05, 0) is 0 Å². The van der Waals surface area contributed by atoms with E-state index in [2.05, 4.69) is 12.0 Å². The second-order valence-corrected chi connectivity index (χ2v) is 0.352. The molecule has 0 saturated heterocycles. The number of amides is 1. The third-order valence-electron chi connectivity index (χ3n) is 0.102. The van der Waals surface area contributed by atoms with E-state index >= 15 is 0 Å². The Labute approximate surface area is 36.9 Å². The van der Waals surface area contributed by atoms with Gasteiger partial charge in [0.2, 0.25) is 0 Å². The molecule has 0 aliphatic carbocycles. The zero-order valence-electron chi connectivity index (χ0n) is 3.49. The van der Waals surface area contributed by atoms with Gasteiger partial charge < -0.3 is 10.7 Å². The molecule has 0 rings (SSSR count). The van der Waals surface area contributed by atoms with Crippen LogP contribution in [0.2, 0.25) is 0 Å². The summed E-state index contributed by atoms with van der Waals surface area (Å²) >= 11 is 0. The van der Waals surface area contributed by atoms with E-state index in [1.165, 1.54) is 13.5 Å². The lowest BCUT2D eigenvalue weighted by Crippen LogP contribution is -1.97. The van der Waals surface area contributed by atoms with E-state index in [0.717, 1.165) is 0 Å². The van der Waals surface area contributed by atoms with Gasteiger partial charge in [0.25, 0.3) is 0 Å². The fraction of sp³-hybridized carbons (Fsp3) is 0.333. The van der Waals surface area contributed by atoms with Crippen molar-refractivity contribution in [1.82, 2.24) is 5.32 Å². The molecular weight excluding hydrogens is 80.0 g/mol. The van der Waals surface area contributed by atoms with E-state index in [0.29, 0.717) is 0 Å². The summed E-state index contributed by atoms with van der Waals surface area (Å²) in [4.78, 5) is 8.94. The Balaban J connectivity index is 0. The summed E-state index contributed by atoms with van der Waals surface area (Å²) in [6.07, 6.45) is 1.43. The van der Waals surface area contributed by atoms with Gasteiger partial charge in [-0.1, -0.05) is 0 Å². The van der Waals surface area contributed by atoms with Crippen LogP contribution >= 0.6 is 0 Å². The van der Waals surface area contributed by atoms with E-state index in [-0.39, 0.29) is 0 Å². The molecule has 0 aliphatic heterocycles. The highest BCUT2D eigenvalue weighted by molar-refractivity contribution is 5.46. The quantitative estimate of drug-likeness (QED) is 0.325. The molecule has 3 nitrogen and oxygen atoms in total. The smallest absolute Gasteiger partial charge is 0.309 e. The molecule has 0 fully saturated rings. The molecule has 0 unspecified atom stereocenters. The fourth-order valence-electron chi connectivity index (χ4n) is 0. The lowest BCUT2D eigenvalue weighted by molar-refractivity contribution is 0.548. The fourth-order valence-corrected chi connectivity index (χ4v) is 0. The van der Waals surface area contributed by atoms with E-state index < -0.39 is 0 Å². The minimum atomic E-state index is 1.43. The van der Waals surface area contributed by atoms with Crippen LogP contribution in [0.25, 0.3) is 0 Å². The highest BCUT2D eigenvalue weighted by Crippen LogP contribution is 1.10. The highest BCUT2D eigenvalue weighted by Gasteiger charge is 1.47. The first-order chi connectivity index (χ1) is 2.91. The molecule has 0 spiro atoms. The summed E-state index contributed by atoms with van der Waals surface area (Å²) in [6, 6.07) is 0. The van der Waals surface area contributed by atoms with Crippen LogP contribution in [0.3, 0.4) is 0 Å². The number of hydrogen-bond donors (Lipinski definition) is 2. The van der Waals surface area contributed by atoms with Gasteiger partial charge in [-0.3, -0.25) is 4.79 Å². The van der Waals surface area contributed by atoms with Crippen LogP contribution in [-0.2, 0) is 4.79 Å². The molecule has 1 amide bonds. The van der Waals surface area contributed by atoms with Crippen LogP contribution < -0.4 is 5.32 Å². The number of rotatable bonds is 1. The van der Waals surface area contributed by atoms with Crippen LogP contribution in [-0.4, -0.2) is 20.2 Å². The minimum absolute atomic E-state index is 1.43. The Morgan fingerprint density at radius 2 is 2.00 bits per heavy atom. The molecule has 34 valence electrons. The molecule has 0 bridgehead atoms. The monoisotopic (exact) mass is 86.0 g/mol. The van der Waals surface area contributed by atoms with E-state index in [4.69, 9.17) is 10.2 Å². The zero-order valence-corrected chi connectivity index (χ0v) is 3.49. The average molecular weight is 86.1 g/mol. The highest BCUT2D eigenvalue weighted by atomic mass is 16.1. The lowest BCUT2D eigenvalue weighted by Gasteiger charge is -1.61. The van der Waals surface area contributed by atoms with E-state index in [9.17, 15) is 0 Å². The van der Waals surface area contributed by atoms with Gasteiger partial charge in [0.1, 0.15) is 0 Å². The molecule has 0 aromatic carbocycles. The van der Waals surface area contributed by atoms with Gasteiger partial charge in [0.05, 0.1) is 0 Å². The maximum atomic E-state index is 8.94. The van der Waals surface area contributed by atoms with Crippen molar-refractivity contribution in [3.63, 3.8) is 0 Å². The Kier molecular flexibility index (Phi) is 46.8. The first-order valence-electron chi connectivity index (χ1n) is 1.24. The third-order valence-corrected chi connectivity index (χ3v) is 0.102. The van der Waals surface area contributed by atoms with Crippen molar-refractivity contribution in [2.24, 2.45) is 0 Å². The van der Waals surface area contributed by atoms with Crippen molar-refractivity contribution in [3.05, 3.63) is 0 Å². The molecule has 0 aliphatic rings. The SMILES string of the molecule is CN[C]=O.[CH]=N. The molecule has 2 N–H and O–H groups in total. The second-order valence-electron chi connectivity index (χ2n) is 0.352. The van der Waals surface area contributed by atoms with Gasteiger partial charge in [0.15, 0.2) is 0 Å². The molecule has 2 radical (unpaired) electrons. The van der Waals surface area contributed by atoms with Gasteiger partial charge in [-0.25, -0.2) is 0 Å². The second kappa shape index (κ2) is 31.4. The van der Waals surface area contributed by atoms with Crippen LogP contribution in [0, 0.1) is 5.41 Å². The molecule has 6 heavy (non-hydrogen) atoms. The molecule has 0 aromatic heterocycles. The normalized spacial score (nSPS) is 4.17. The largest absolute Gasteiger partial charge is 0.351 e. The summed E-state index contributed by atoms with van der Waals surface area (Å²) < 4.78 is 0. The van der Waals surface area contributed by atoms with Gasteiger partial charge in [-0.15, -0.1) is 0 Å². The summed E-state index contributed by atoms with van der Waals surface area (Å²) in [6.45, 7) is 3.75. The van der Waals surface area contributed by atoms with Crippen LogP contribution in [0.4, 0.5) is 0 Å². The average Bonchev–Trinajstić information content (AvgIpc) is 1.72. The van der Waals surface area contributed by atoms with Crippen molar-refractivity contribution in [2.45, 2.75) is 0 Å². The first kappa shape index (κ1) is 8.94. The Bertz CT molecular complexity index is 30.0. The summed E-state index contributed by atoms with van der Waals surface area (Å²) in [5.74, 6) is 0. The molecule has 0 aromatic rings. The zero-order chi connectivity index (χ0) is 5.41. The Hall–Kier alpha value is -0.860. The minimum Gasteiger partial charge on any atom is -0.351 e. The first-order valence-corrected chi connectivity index (χ1v) is 1.24. The van der Waals surface area contributed by atoms with Crippen LogP contribution in [0.1, 0.15) is 0 Å². The summed E-state index contributed by atoms with van der Waals surface area (Å²) in [5, 5.41) is 7.38. The summed E-state index contributed by atoms with van der Waals surface area (Å²) in [5.41, 5.74) is 0. The van der Waals surface area contributed by atoms with E-state index in [1.54, 1.807) is 0 Å². The predicted octanol–water partition coefficient (Wildman–Crippen LogP) is -0.584. The molecule has 0 heterocycles. The van der Waals surface area contributed by atoms with Gasteiger partial charge in [0, 0.05) is 13.8 Å².